The highest BCUT2D eigenvalue weighted by molar-refractivity contribution is 7.14. The van der Waals surface area contributed by atoms with Gasteiger partial charge in [-0.15, -0.1) is 11.3 Å². The van der Waals surface area contributed by atoms with Crippen molar-refractivity contribution in [2.24, 2.45) is 0 Å². The second-order valence-electron chi connectivity index (χ2n) is 8.88. The molecule has 0 saturated carbocycles. The van der Waals surface area contributed by atoms with Crippen molar-refractivity contribution in [3.8, 4) is 22.6 Å². The van der Waals surface area contributed by atoms with Gasteiger partial charge in [0.15, 0.2) is 11.2 Å². The fourth-order valence-electron chi connectivity index (χ4n) is 3.88. The lowest BCUT2D eigenvalue weighted by molar-refractivity contribution is -0.124. The molecule has 8 heteroatoms. The van der Waals surface area contributed by atoms with Gasteiger partial charge in [-0.05, 0) is 38.5 Å². The summed E-state index contributed by atoms with van der Waals surface area (Å²) in [5.74, 6) is -0.264. The molecule has 1 amide bonds. The van der Waals surface area contributed by atoms with Crippen molar-refractivity contribution in [2.45, 2.75) is 33.3 Å². The van der Waals surface area contributed by atoms with Crippen molar-refractivity contribution in [2.75, 3.05) is 5.32 Å². The van der Waals surface area contributed by atoms with Crippen LogP contribution in [0.2, 0.25) is 0 Å². The number of hydrogen-bond donors (Lipinski definition) is 2. The van der Waals surface area contributed by atoms with Crippen LogP contribution in [0.25, 0.3) is 33.7 Å². The van der Waals surface area contributed by atoms with Gasteiger partial charge >= 0.3 is 5.97 Å². The Bertz CT molecular complexity index is 1570. The molecule has 2 heterocycles. The molecule has 0 spiro atoms. The summed E-state index contributed by atoms with van der Waals surface area (Å²) in [4.78, 5) is 38.1. The van der Waals surface area contributed by atoms with Crippen LogP contribution in [0.1, 0.15) is 34.8 Å². The predicted octanol–water partition coefficient (Wildman–Crippen LogP) is 6.54. The number of esters is 1. The number of amides is 1. The average Bonchev–Trinajstić information content (AvgIpc) is 3.54. The Labute approximate surface area is 218 Å². The molecular weight excluding hydrogens is 484 g/mol. The third-order valence-electron chi connectivity index (χ3n) is 6.04. The maximum Gasteiger partial charge on any atom is 0.338 e. The zero-order valence-electron chi connectivity index (χ0n) is 20.7. The molecule has 2 aromatic heterocycles. The molecular formula is C29H26N4O3S. The molecule has 0 fully saturated rings. The van der Waals surface area contributed by atoms with Gasteiger partial charge in [-0.1, -0.05) is 66.6 Å². The summed E-state index contributed by atoms with van der Waals surface area (Å²) in [5.41, 5.74) is 6.84. The van der Waals surface area contributed by atoms with Crippen LogP contribution >= 0.6 is 11.3 Å². The Morgan fingerprint density at radius 1 is 0.946 bits per heavy atom. The Morgan fingerprint density at radius 3 is 2.30 bits per heavy atom. The van der Waals surface area contributed by atoms with E-state index < -0.39 is 18.0 Å². The number of thiazole rings is 1. The van der Waals surface area contributed by atoms with Gasteiger partial charge in [-0.3, -0.25) is 10.1 Å². The summed E-state index contributed by atoms with van der Waals surface area (Å²) in [5, 5.41) is 5.12. The number of nitrogens with zero attached hydrogens (tertiary/aromatic N) is 2. The molecule has 2 N–H and O–H groups in total. The number of anilines is 1. The topological polar surface area (TPSA) is 97.0 Å². The number of ether oxygens (including phenoxy) is 1. The van der Waals surface area contributed by atoms with E-state index >= 15 is 0 Å². The first-order valence-corrected chi connectivity index (χ1v) is 12.9. The van der Waals surface area contributed by atoms with Gasteiger partial charge in [0.05, 0.1) is 22.3 Å². The minimum absolute atomic E-state index is 0.331. The number of aromatic nitrogens is 3. The van der Waals surface area contributed by atoms with Crippen LogP contribution in [0, 0.1) is 13.8 Å². The Balaban J connectivity index is 1.26. The zero-order chi connectivity index (χ0) is 25.9. The summed E-state index contributed by atoms with van der Waals surface area (Å²) >= 11 is 1.33. The normalized spacial score (nSPS) is 11.9. The smallest absolute Gasteiger partial charge is 0.338 e. The van der Waals surface area contributed by atoms with E-state index in [0.29, 0.717) is 22.6 Å². The van der Waals surface area contributed by atoms with Crippen molar-refractivity contribution in [1.29, 1.82) is 0 Å². The maximum absolute atomic E-state index is 12.9. The molecule has 0 saturated heterocycles. The van der Waals surface area contributed by atoms with Crippen molar-refractivity contribution < 1.29 is 14.3 Å². The van der Waals surface area contributed by atoms with Crippen LogP contribution in [0.4, 0.5) is 5.13 Å². The summed E-state index contributed by atoms with van der Waals surface area (Å²) in [6, 6.07) is 21.2. The molecule has 3 aromatic carbocycles. The van der Waals surface area contributed by atoms with Crippen molar-refractivity contribution >= 4 is 39.4 Å². The highest BCUT2D eigenvalue weighted by Crippen LogP contribution is 2.26. The van der Waals surface area contributed by atoms with Crippen LogP contribution in [0.3, 0.4) is 0 Å². The van der Waals surface area contributed by atoms with Gasteiger partial charge < -0.3 is 9.72 Å². The van der Waals surface area contributed by atoms with E-state index in [1.807, 2.05) is 67.8 Å². The molecule has 186 valence electrons. The lowest BCUT2D eigenvalue weighted by Crippen LogP contribution is -2.32. The van der Waals surface area contributed by atoms with Gasteiger partial charge in [-0.2, -0.15) is 0 Å². The molecule has 7 nitrogen and oxygen atoms in total. The summed E-state index contributed by atoms with van der Waals surface area (Å²) in [6.45, 7) is 5.85. The lowest BCUT2D eigenvalue weighted by Gasteiger charge is -2.15. The molecule has 1 unspecified atom stereocenters. The first kappa shape index (κ1) is 24.4. The van der Waals surface area contributed by atoms with Crippen molar-refractivity contribution in [1.82, 2.24) is 15.0 Å². The van der Waals surface area contributed by atoms with Gasteiger partial charge in [0.25, 0.3) is 5.91 Å². The minimum Gasteiger partial charge on any atom is -0.449 e. The number of fused-ring (bicyclic) bond motifs is 1. The highest BCUT2D eigenvalue weighted by atomic mass is 32.1. The third kappa shape index (κ3) is 5.44. The number of carbonyl (C=O) groups is 2. The number of aryl methyl sites for hydroxylation is 2. The van der Waals surface area contributed by atoms with Gasteiger partial charge in [0, 0.05) is 16.5 Å². The summed E-state index contributed by atoms with van der Waals surface area (Å²) < 4.78 is 5.57. The number of carbonyl (C=O) groups excluding carboxylic acids is 2. The van der Waals surface area contributed by atoms with E-state index in [1.54, 1.807) is 25.1 Å². The molecule has 37 heavy (non-hydrogen) atoms. The first-order chi connectivity index (χ1) is 17.9. The first-order valence-electron chi connectivity index (χ1n) is 12.0. The van der Waals surface area contributed by atoms with E-state index in [0.717, 1.165) is 28.2 Å². The molecule has 0 bridgehead atoms. The van der Waals surface area contributed by atoms with E-state index in [1.165, 1.54) is 22.5 Å². The van der Waals surface area contributed by atoms with Gasteiger partial charge in [0.1, 0.15) is 5.82 Å². The number of rotatable bonds is 7. The number of imidazole rings is 1. The average molecular weight is 511 g/mol. The number of nitrogens with one attached hydrogen (secondary N) is 2. The monoisotopic (exact) mass is 510 g/mol. The summed E-state index contributed by atoms with van der Waals surface area (Å²) in [6.07, 6.45) is -0.614. The van der Waals surface area contributed by atoms with Crippen LogP contribution in [0.15, 0.2) is 72.1 Å². The third-order valence-corrected chi connectivity index (χ3v) is 6.79. The predicted molar refractivity (Wildman–Crippen MR) is 147 cm³/mol. The summed E-state index contributed by atoms with van der Waals surface area (Å²) in [7, 11) is 0. The van der Waals surface area contributed by atoms with Crippen LogP contribution in [0.5, 0.6) is 0 Å². The fourth-order valence-corrected chi connectivity index (χ4v) is 4.60. The lowest BCUT2D eigenvalue weighted by atomic mass is 10.1. The maximum atomic E-state index is 12.9. The fraction of sp³-hybridized carbons (Fsp3) is 0.172. The van der Waals surface area contributed by atoms with Crippen molar-refractivity contribution in [3.05, 3.63) is 88.8 Å². The molecule has 5 rings (SSSR count). The molecule has 0 aliphatic heterocycles. The zero-order valence-corrected chi connectivity index (χ0v) is 21.6. The van der Waals surface area contributed by atoms with Crippen LogP contribution in [-0.2, 0) is 9.53 Å². The van der Waals surface area contributed by atoms with Gasteiger partial charge in [-0.25, -0.2) is 14.8 Å². The quantitative estimate of drug-likeness (QED) is 0.242. The molecule has 5 aromatic rings. The highest BCUT2D eigenvalue weighted by Gasteiger charge is 2.23. The number of benzene rings is 3. The molecule has 0 radical (unpaired) electrons. The molecule has 0 aliphatic rings. The number of H-pyrrole nitrogens is 1. The number of hydrogen-bond acceptors (Lipinski definition) is 6. The van der Waals surface area contributed by atoms with Crippen LogP contribution in [-0.4, -0.2) is 32.9 Å². The van der Waals surface area contributed by atoms with E-state index in [9.17, 15) is 9.59 Å². The SMILES string of the molecule is CCC(OC(=O)c1ccc2nc(-c3ccc(C)cc3)[nH]c2c1)C(=O)Nc1nc(-c2ccc(C)cc2)cs1. The Kier molecular flexibility index (Phi) is 6.83. The number of aromatic amines is 1. The minimum atomic E-state index is -0.945. The second kappa shape index (κ2) is 10.4. The van der Waals surface area contributed by atoms with E-state index in [4.69, 9.17) is 4.74 Å². The van der Waals surface area contributed by atoms with Crippen LogP contribution < -0.4 is 5.32 Å². The Hall–Kier alpha value is -4.30. The van der Waals surface area contributed by atoms with Crippen molar-refractivity contribution in [3.63, 3.8) is 0 Å². The second-order valence-corrected chi connectivity index (χ2v) is 9.74. The largest absolute Gasteiger partial charge is 0.449 e. The molecule has 1 atom stereocenters. The van der Waals surface area contributed by atoms with E-state index in [2.05, 4.69) is 20.3 Å². The standard InChI is InChI=1S/C29H26N4O3S/c1-4-25(27(34)33-29-32-24(16-37-29)19-9-5-17(2)6-10-19)36-28(35)21-13-14-22-23(15-21)31-26(30-22)20-11-7-18(3)8-12-20/h5-16,25H,4H2,1-3H3,(H,30,31)(H,32,33,34). The molecule has 0 aliphatic carbocycles. The van der Waals surface area contributed by atoms with E-state index in [-0.39, 0.29) is 0 Å². The Morgan fingerprint density at radius 2 is 1.62 bits per heavy atom. The van der Waals surface area contributed by atoms with Gasteiger partial charge in [0.2, 0.25) is 0 Å².